The monoisotopic (exact) mass is 252 g/mol. The van der Waals surface area contributed by atoms with E-state index >= 15 is 0 Å². The fraction of sp³-hybridized carbons (Fsp3) is 0.500. The molecule has 0 bridgehead atoms. The molecule has 1 aromatic rings. The summed E-state index contributed by atoms with van der Waals surface area (Å²) in [6.45, 7) is 5.24. The number of carboxylic acid groups (broad SMARTS) is 1. The van der Waals surface area contributed by atoms with E-state index in [1.807, 2.05) is 0 Å². The van der Waals surface area contributed by atoms with Crippen LogP contribution in [0.5, 0.6) is 0 Å². The maximum absolute atomic E-state index is 12.1. The Labute approximate surface area is 105 Å². The highest BCUT2D eigenvalue weighted by Crippen LogP contribution is 2.22. The summed E-state index contributed by atoms with van der Waals surface area (Å²) in [6, 6.07) is 0. The molecule has 0 aliphatic rings. The molecule has 0 aliphatic carbocycles. The van der Waals surface area contributed by atoms with Gasteiger partial charge in [0, 0.05) is 18.7 Å². The number of ketones is 1. The van der Waals surface area contributed by atoms with Crippen LogP contribution in [0.2, 0.25) is 0 Å². The van der Waals surface area contributed by atoms with Crippen molar-refractivity contribution in [2.75, 3.05) is 7.11 Å². The summed E-state index contributed by atoms with van der Waals surface area (Å²) in [4.78, 5) is 31.0. The maximum Gasteiger partial charge on any atom is 0.355 e. The number of aromatic nitrogens is 2. The van der Waals surface area contributed by atoms with Crippen LogP contribution in [0.25, 0.3) is 0 Å². The molecule has 0 spiro atoms. The zero-order chi connectivity index (χ0) is 13.9. The molecule has 0 aromatic carbocycles. The fourth-order valence-corrected chi connectivity index (χ4v) is 1.35. The topological polar surface area (TPSA) is 89.4 Å². The van der Waals surface area contributed by atoms with E-state index in [1.165, 1.54) is 13.3 Å². The standard InChI is InChI=1S/C12H16N2O4/c1-12(2,3)10(15)7-5-13-8(6-18-4)14-9(7)11(16)17/h5H,6H2,1-4H3,(H,16,17). The van der Waals surface area contributed by atoms with Crippen LogP contribution in [0.15, 0.2) is 6.20 Å². The van der Waals surface area contributed by atoms with Crippen LogP contribution in [-0.4, -0.2) is 33.9 Å². The molecule has 1 aromatic heterocycles. The number of hydrogen-bond donors (Lipinski definition) is 1. The van der Waals surface area contributed by atoms with Gasteiger partial charge in [0.15, 0.2) is 17.3 Å². The first-order valence-electron chi connectivity index (χ1n) is 5.40. The predicted molar refractivity (Wildman–Crippen MR) is 63.5 cm³/mol. The normalized spacial score (nSPS) is 11.3. The van der Waals surface area contributed by atoms with Gasteiger partial charge in [-0.3, -0.25) is 4.79 Å². The van der Waals surface area contributed by atoms with E-state index in [0.717, 1.165) is 0 Å². The number of Topliss-reactive ketones (excluding diaryl/α,β-unsaturated/α-hetero) is 1. The van der Waals surface area contributed by atoms with Crippen molar-refractivity contribution in [2.45, 2.75) is 27.4 Å². The Morgan fingerprint density at radius 2 is 2.00 bits per heavy atom. The van der Waals surface area contributed by atoms with Gasteiger partial charge in [0.05, 0.1) is 5.56 Å². The lowest BCUT2D eigenvalue weighted by Gasteiger charge is -2.17. The molecule has 0 atom stereocenters. The number of rotatable bonds is 4. The predicted octanol–water partition coefficient (Wildman–Crippen LogP) is 1.55. The first-order chi connectivity index (χ1) is 8.27. The van der Waals surface area contributed by atoms with Crippen LogP contribution in [0, 0.1) is 5.41 Å². The third-order valence-electron chi connectivity index (χ3n) is 2.24. The van der Waals surface area contributed by atoms with Gasteiger partial charge >= 0.3 is 5.97 Å². The van der Waals surface area contributed by atoms with Crippen molar-refractivity contribution in [1.29, 1.82) is 0 Å². The van der Waals surface area contributed by atoms with Crippen LogP contribution >= 0.6 is 0 Å². The molecule has 0 aliphatic heterocycles. The van der Waals surface area contributed by atoms with Crippen LogP contribution < -0.4 is 0 Å². The molecule has 6 heteroatoms. The minimum atomic E-state index is -1.25. The molecule has 0 saturated heterocycles. The van der Waals surface area contributed by atoms with Crippen LogP contribution in [-0.2, 0) is 11.3 Å². The van der Waals surface area contributed by atoms with Crippen molar-refractivity contribution in [2.24, 2.45) is 5.41 Å². The highest BCUT2D eigenvalue weighted by molar-refractivity contribution is 6.06. The molecule has 98 valence electrons. The summed E-state index contributed by atoms with van der Waals surface area (Å²) in [5.74, 6) is -1.31. The lowest BCUT2D eigenvalue weighted by atomic mass is 9.86. The Balaban J connectivity index is 3.28. The quantitative estimate of drug-likeness (QED) is 0.818. The number of ether oxygens (including phenoxy) is 1. The van der Waals surface area contributed by atoms with Gasteiger partial charge < -0.3 is 9.84 Å². The zero-order valence-corrected chi connectivity index (χ0v) is 10.9. The van der Waals surface area contributed by atoms with Crippen molar-refractivity contribution in [3.8, 4) is 0 Å². The Morgan fingerprint density at radius 3 is 2.44 bits per heavy atom. The molecule has 18 heavy (non-hydrogen) atoms. The number of hydrogen-bond acceptors (Lipinski definition) is 5. The number of nitrogens with zero attached hydrogens (tertiary/aromatic N) is 2. The number of aromatic carboxylic acids is 1. The van der Waals surface area contributed by atoms with Crippen LogP contribution in [0.1, 0.15) is 47.4 Å². The number of carbonyl (C=O) groups is 2. The Bertz CT molecular complexity index is 477. The minimum Gasteiger partial charge on any atom is -0.476 e. The van der Waals surface area contributed by atoms with Crippen molar-refractivity contribution in [1.82, 2.24) is 9.97 Å². The van der Waals surface area contributed by atoms with Gasteiger partial charge in [0.1, 0.15) is 6.61 Å². The Hall–Kier alpha value is -1.82. The molecule has 0 saturated carbocycles. The molecular weight excluding hydrogens is 236 g/mol. The fourth-order valence-electron chi connectivity index (χ4n) is 1.35. The van der Waals surface area contributed by atoms with Crippen molar-refractivity contribution in [3.05, 3.63) is 23.3 Å². The van der Waals surface area contributed by atoms with Crippen molar-refractivity contribution in [3.63, 3.8) is 0 Å². The van der Waals surface area contributed by atoms with Gasteiger partial charge in [0.25, 0.3) is 0 Å². The minimum absolute atomic E-state index is 0.0230. The van der Waals surface area contributed by atoms with Crippen LogP contribution in [0.4, 0.5) is 0 Å². The summed E-state index contributed by atoms with van der Waals surface area (Å²) in [6.07, 6.45) is 1.25. The van der Waals surface area contributed by atoms with E-state index in [1.54, 1.807) is 20.8 Å². The van der Waals surface area contributed by atoms with E-state index in [4.69, 9.17) is 9.84 Å². The smallest absolute Gasteiger partial charge is 0.355 e. The average molecular weight is 252 g/mol. The van der Waals surface area contributed by atoms with E-state index < -0.39 is 11.4 Å². The molecule has 0 radical (unpaired) electrons. The summed E-state index contributed by atoms with van der Waals surface area (Å²) in [7, 11) is 1.46. The zero-order valence-electron chi connectivity index (χ0n) is 10.9. The van der Waals surface area contributed by atoms with Gasteiger partial charge in [-0.05, 0) is 0 Å². The first kappa shape index (κ1) is 14.2. The molecule has 6 nitrogen and oxygen atoms in total. The first-order valence-corrected chi connectivity index (χ1v) is 5.40. The number of carboxylic acids is 1. The number of methoxy groups -OCH3 is 1. The summed E-state index contributed by atoms with van der Waals surface area (Å²) < 4.78 is 4.83. The Kier molecular flexibility index (Phi) is 4.13. The molecule has 1 N–H and O–H groups in total. The summed E-state index contributed by atoms with van der Waals surface area (Å²) in [5.41, 5.74) is -0.942. The molecular formula is C12H16N2O4. The highest BCUT2D eigenvalue weighted by atomic mass is 16.5. The third kappa shape index (κ3) is 3.10. The molecule has 1 heterocycles. The summed E-state index contributed by atoms with van der Waals surface area (Å²) in [5, 5.41) is 9.09. The second-order valence-electron chi connectivity index (χ2n) is 4.87. The lowest BCUT2D eigenvalue weighted by Crippen LogP contribution is -2.24. The second kappa shape index (κ2) is 5.22. The molecule has 0 unspecified atom stereocenters. The Morgan fingerprint density at radius 1 is 1.39 bits per heavy atom. The third-order valence-corrected chi connectivity index (χ3v) is 2.24. The van der Waals surface area contributed by atoms with Gasteiger partial charge in [-0.15, -0.1) is 0 Å². The molecule has 0 fully saturated rings. The van der Waals surface area contributed by atoms with Gasteiger partial charge in [-0.2, -0.15) is 0 Å². The van der Waals surface area contributed by atoms with E-state index in [2.05, 4.69) is 9.97 Å². The molecule has 0 amide bonds. The van der Waals surface area contributed by atoms with E-state index in [-0.39, 0.29) is 29.5 Å². The second-order valence-corrected chi connectivity index (χ2v) is 4.87. The van der Waals surface area contributed by atoms with Crippen molar-refractivity contribution < 1.29 is 19.4 Å². The highest BCUT2D eigenvalue weighted by Gasteiger charge is 2.28. The summed E-state index contributed by atoms with van der Waals surface area (Å²) >= 11 is 0. The van der Waals surface area contributed by atoms with Gasteiger partial charge in [-0.25, -0.2) is 14.8 Å². The SMILES string of the molecule is COCc1ncc(C(=O)C(C)(C)C)c(C(=O)O)n1. The maximum atomic E-state index is 12.1. The van der Waals surface area contributed by atoms with Crippen molar-refractivity contribution >= 4 is 11.8 Å². The van der Waals surface area contributed by atoms with Gasteiger partial charge in [0.2, 0.25) is 0 Å². The number of carbonyl (C=O) groups excluding carboxylic acids is 1. The molecule has 1 rings (SSSR count). The van der Waals surface area contributed by atoms with E-state index in [0.29, 0.717) is 0 Å². The van der Waals surface area contributed by atoms with Crippen LogP contribution in [0.3, 0.4) is 0 Å². The van der Waals surface area contributed by atoms with E-state index in [9.17, 15) is 9.59 Å². The van der Waals surface area contributed by atoms with Gasteiger partial charge in [-0.1, -0.05) is 20.8 Å². The lowest BCUT2D eigenvalue weighted by molar-refractivity contribution is 0.0679. The largest absolute Gasteiger partial charge is 0.476 e. The average Bonchev–Trinajstić information content (AvgIpc) is 2.27.